The highest BCUT2D eigenvalue weighted by molar-refractivity contribution is 5.94. The number of phenolic OH excluding ortho intramolecular Hbond substituents is 1. The van der Waals surface area contributed by atoms with E-state index in [1.165, 1.54) is 24.3 Å². The first kappa shape index (κ1) is 33.0. The molecule has 1 saturated heterocycles. The smallest absolute Gasteiger partial charge is 0.270 e. The molecule has 0 saturated carbocycles. The number of aromatic nitrogens is 2. The lowest BCUT2D eigenvalue weighted by atomic mass is 10.1. The van der Waals surface area contributed by atoms with Gasteiger partial charge >= 0.3 is 0 Å². The molecule has 49 heavy (non-hydrogen) atoms. The van der Waals surface area contributed by atoms with Gasteiger partial charge in [0.25, 0.3) is 5.91 Å². The Morgan fingerprint density at radius 1 is 1.08 bits per heavy atom. The summed E-state index contributed by atoms with van der Waals surface area (Å²) in [6, 6.07) is 12.4. The Labute approximate surface area is 281 Å². The van der Waals surface area contributed by atoms with Gasteiger partial charge in [-0.1, -0.05) is 12.1 Å². The van der Waals surface area contributed by atoms with Gasteiger partial charge in [0.1, 0.15) is 29.2 Å². The van der Waals surface area contributed by atoms with E-state index in [0.717, 1.165) is 0 Å². The minimum Gasteiger partial charge on any atom is -0.504 e. The van der Waals surface area contributed by atoms with Crippen LogP contribution < -0.4 is 25.4 Å². The molecule has 3 aliphatic rings. The molecular weight excluding hydrogens is 632 g/mol. The predicted molar refractivity (Wildman–Crippen MR) is 175 cm³/mol. The molecule has 4 N–H and O–H groups in total. The Kier molecular flexibility index (Phi) is 9.47. The van der Waals surface area contributed by atoms with Gasteiger partial charge < -0.3 is 39.8 Å². The number of benzene rings is 2. The number of aryl methyl sites for hydroxylation is 2. The van der Waals surface area contributed by atoms with Crippen molar-refractivity contribution in [1.82, 2.24) is 30.8 Å². The van der Waals surface area contributed by atoms with Crippen molar-refractivity contribution in [2.45, 2.75) is 57.8 Å². The van der Waals surface area contributed by atoms with Crippen molar-refractivity contribution in [3.05, 3.63) is 83.5 Å². The molecule has 3 aliphatic heterocycles. The van der Waals surface area contributed by atoms with E-state index in [-0.39, 0.29) is 54.9 Å². The Morgan fingerprint density at radius 3 is 2.69 bits per heavy atom. The number of phenols is 1. The minimum atomic E-state index is -0.958. The van der Waals surface area contributed by atoms with Gasteiger partial charge in [0.05, 0.1) is 13.7 Å². The molecule has 254 valence electrons. The van der Waals surface area contributed by atoms with Crippen LogP contribution in [0.5, 0.6) is 23.0 Å². The number of oxazole rings is 1. The largest absolute Gasteiger partial charge is 0.504 e. The van der Waals surface area contributed by atoms with Crippen LogP contribution >= 0.6 is 0 Å². The number of rotatable bonds is 3. The van der Waals surface area contributed by atoms with Crippen molar-refractivity contribution < 1.29 is 38.2 Å². The average Bonchev–Trinajstić information content (AvgIpc) is 3.70. The van der Waals surface area contributed by atoms with E-state index in [1.807, 2.05) is 0 Å². The molecule has 1 fully saturated rings. The van der Waals surface area contributed by atoms with Gasteiger partial charge in [-0.25, -0.2) is 4.98 Å². The highest BCUT2D eigenvalue weighted by Gasteiger charge is 2.42. The van der Waals surface area contributed by atoms with Crippen molar-refractivity contribution >= 4 is 23.6 Å². The molecule has 2 aromatic carbocycles. The number of hydrogen-bond donors (Lipinski definition) is 4. The van der Waals surface area contributed by atoms with E-state index >= 15 is 0 Å². The summed E-state index contributed by atoms with van der Waals surface area (Å²) in [5.41, 5.74) is 1.98. The van der Waals surface area contributed by atoms with E-state index in [0.29, 0.717) is 40.5 Å². The predicted octanol–water partition coefficient (Wildman–Crippen LogP) is 3.02. The van der Waals surface area contributed by atoms with Crippen molar-refractivity contribution in [1.29, 1.82) is 0 Å². The van der Waals surface area contributed by atoms with Gasteiger partial charge in [-0.3, -0.25) is 24.2 Å². The summed E-state index contributed by atoms with van der Waals surface area (Å²) in [5.74, 6) is -0.195. The first-order valence-electron chi connectivity index (χ1n) is 15.8. The van der Waals surface area contributed by atoms with Crippen molar-refractivity contribution in [3.8, 4) is 34.5 Å². The zero-order valence-electron chi connectivity index (χ0n) is 27.2. The molecule has 0 aliphatic carbocycles. The fraction of sp³-hybridized carbons (Fsp3) is 0.314. The van der Waals surface area contributed by atoms with Crippen LogP contribution in [0.3, 0.4) is 0 Å². The summed E-state index contributed by atoms with van der Waals surface area (Å²) < 4.78 is 17.5. The number of nitrogens with one attached hydrogen (secondary N) is 3. The third-order valence-corrected chi connectivity index (χ3v) is 8.49. The number of carbonyl (C=O) groups is 4. The SMILES string of the molecule is COc1cc2ccc1Oc1cc(ccc1O)CCC(=O)N[C@H](C)C(=O)N1C[C@@H](NC(=O)c3ccccn3)C[C@H]1C(=O)NCc1nc-2oc1C. The zero-order chi connectivity index (χ0) is 34.7. The summed E-state index contributed by atoms with van der Waals surface area (Å²) in [7, 11) is 1.49. The van der Waals surface area contributed by atoms with Crippen LogP contribution in [-0.4, -0.2) is 75.4 Å². The topological polar surface area (TPSA) is 185 Å². The molecule has 7 rings (SSSR count). The molecular formula is C35H36N6O8. The Balaban J connectivity index is 1.30. The second-order valence-electron chi connectivity index (χ2n) is 11.9. The summed E-state index contributed by atoms with van der Waals surface area (Å²) in [4.78, 5) is 63.3. The van der Waals surface area contributed by atoms with Crippen LogP contribution in [0.4, 0.5) is 0 Å². The second kappa shape index (κ2) is 14.1. The quantitative estimate of drug-likeness (QED) is 0.253. The van der Waals surface area contributed by atoms with E-state index in [9.17, 15) is 24.3 Å². The van der Waals surface area contributed by atoms with Gasteiger partial charge in [0, 0.05) is 30.8 Å². The number of carbonyl (C=O) groups excluding carboxylic acids is 4. The molecule has 0 radical (unpaired) electrons. The van der Waals surface area contributed by atoms with Crippen LogP contribution in [-0.2, 0) is 27.3 Å². The van der Waals surface area contributed by atoms with Crippen molar-refractivity contribution in [2.24, 2.45) is 0 Å². The van der Waals surface area contributed by atoms with Crippen molar-refractivity contribution in [2.75, 3.05) is 13.7 Å². The lowest BCUT2D eigenvalue weighted by molar-refractivity contribution is -0.141. The highest BCUT2D eigenvalue weighted by Crippen LogP contribution is 2.39. The normalized spacial score (nSPS) is 19.9. The molecule has 2 aromatic heterocycles. The third kappa shape index (κ3) is 7.32. The van der Waals surface area contributed by atoms with Gasteiger partial charge in [-0.05, 0) is 74.7 Å². The number of ether oxygens (including phenoxy) is 2. The maximum Gasteiger partial charge on any atom is 0.270 e. The molecule has 3 atom stereocenters. The van der Waals surface area contributed by atoms with Gasteiger partial charge in [-0.15, -0.1) is 0 Å². The molecule has 0 spiro atoms. The number of amides is 4. The highest BCUT2D eigenvalue weighted by atomic mass is 16.5. The first-order valence-corrected chi connectivity index (χ1v) is 15.8. The molecule has 5 heterocycles. The van der Waals surface area contributed by atoms with Crippen LogP contribution in [0.2, 0.25) is 0 Å². The van der Waals surface area contributed by atoms with E-state index < -0.39 is 35.8 Å². The number of hydrogen-bond acceptors (Lipinski definition) is 10. The van der Waals surface area contributed by atoms with Gasteiger partial charge in [-0.2, -0.15) is 0 Å². The third-order valence-electron chi connectivity index (χ3n) is 8.49. The van der Waals surface area contributed by atoms with E-state index in [2.05, 4.69) is 25.9 Å². The lowest BCUT2D eigenvalue weighted by Crippen LogP contribution is -2.52. The van der Waals surface area contributed by atoms with Gasteiger partial charge in [0.2, 0.25) is 23.6 Å². The Morgan fingerprint density at radius 2 is 1.92 bits per heavy atom. The number of methoxy groups -OCH3 is 1. The monoisotopic (exact) mass is 668 g/mol. The number of aromatic hydroxyl groups is 1. The maximum atomic E-state index is 13.7. The molecule has 14 heteroatoms. The summed E-state index contributed by atoms with van der Waals surface area (Å²) in [5, 5.41) is 19.0. The second-order valence-corrected chi connectivity index (χ2v) is 11.9. The summed E-state index contributed by atoms with van der Waals surface area (Å²) in [6.07, 6.45) is 1.99. The number of fused-ring (bicyclic) bond motifs is 9. The van der Waals surface area contributed by atoms with Crippen LogP contribution in [0.25, 0.3) is 11.5 Å². The van der Waals surface area contributed by atoms with E-state index in [4.69, 9.17) is 13.9 Å². The Bertz CT molecular complexity index is 1890. The summed E-state index contributed by atoms with van der Waals surface area (Å²) >= 11 is 0. The van der Waals surface area contributed by atoms with Crippen LogP contribution in [0.1, 0.15) is 47.3 Å². The van der Waals surface area contributed by atoms with Crippen LogP contribution in [0, 0.1) is 6.92 Å². The van der Waals surface area contributed by atoms with E-state index in [1.54, 1.807) is 62.4 Å². The fourth-order valence-electron chi connectivity index (χ4n) is 5.87. The fourth-order valence-corrected chi connectivity index (χ4v) is 5.87. The van der Waals surface area contributed by atoms with Crippen molar-refractivity contribution in [3.63, 3.8) is 0 Å². The molecule has 6 bridgehead atoms. The Hall–Kier alpha value is -5.92. The van der Waals surface area contributed by atoms with Gasteiger partial charge in [0.15, 0.2) is 23.0 Å². The standard InChI is InChI=1S/C35H36N6O8/c1-19-35(46)41-18-23(39-32(44)24-6-4-5-13-36-24)16-26(41)33(45)37-17-25-20(2)48-34(40-25)22-9-11-28(30(15-22)47-3)49-29-14-21(7-10-27(29)42)8-12-31(43)38-19/h4-7,9-11,13-15,19,23,26,42H,8,12,16-18H2,1-3H3,(H,37,45)(H,38,43)(H,39,44)/t19-,23+,26+/m1/s1. The molecule has 4 amide bonds. The lowest BCUT2D eigenvalue weighted by Gasteiger charge is -2.27. The molecule has 0 unspecified atom stereocenters. The maximum absolute atomic E-state index is 13.7. The zero-order valence-corrected chi connectivity index (χ0v) is 27.2. The minimum absolute atomic E-state index is 0.0118. The number of pyridine rings is 1. The number of nitrogens with zero attached hydrogens (tertiary/aromatic N) is 3. The average molecular weight is 669 g/mol. The molecule has 14 nitrogen and oxygen atoms in total. The first-order chi connectivity index (χ1) is 23.6. The summed E-state index contributed by atoms with van der Waals surface area (Å²) in [6.45, 7) is 3.34. The molecule has 4 aromatic rings. The van der Waals surface area contributed by atoms with Crippen LogP contribution in [0.15, 0.2) is 65.2 Å².